The van der Waals surface area contributed by atoms with E-state index in [0.29, 0.717) is 6.04 Å². The summed E-state index contributed by atoms with van der Waals surface area (Å²) in [6, 6.07) is 12.5. The minimum absolute atomic E-state index is 0.329. The lowest BCUT2D eigenvalue weighted by Gasteiger charge is -2.14. The normalized spacial score (nSPS) is 12.1. The van der Waals surface area contributed by atoms with Crippen molar-refractivity contribution in [1.82, 2.24) is 5.32 Å². The van der Waals surface area contributed by atoms with Gasteiger partial charge < -0.3 is 5.32 Å². The van der Waals surface area contributed by atoms with Crippen molar-refractivity contribution in [2.45, 2.75) is 33.4 Å². The van der Waals surface area contributed by atoms with Gasteiger partial charge in [0.15, 0.2) is 0 Å². The van der Waals surface area contributed by atoms with Gasteiger partial charge in [0.25, 0.3) is 0 Å². The zero-order chi connectivity index (χ0) is 13.8. The molecule has 2 rings (SSSR count). The number of aryl methyl sites for hydroxylation is 2. The van der Waals surface area contributed by atoms with Crippen molar-refractivity contribution in [2.75, 3.05) is 0 Å². The zero-order valence-corrected chi connectivity index (χ0v) is 12.3. The first kappa shape index (κ1) is 13.8. The average molecular weight is 270 g/mol. The van der Waals surface area contributed by atoms with E-state index in [1.165, 1.54) is 15.3 Å². The molecule has 1 atom stereocenters. The van der Waals surface area contributed by atoms with Crippen LogP contribution in [0, 0.1) is 25.2 Å². The lowest BCUT2D eigenvalue weighted by atomic mass is 10.1. The Morgan fingerprint density at radius 3 is 2.74 bits per heavy atom. The number of rotatable bonds is 4. The Morgan fingerprint density at radius 1 is 1.32 bits per heavy atom. The van der Waals surface area contributed by atoms with Crippen molar-refractivity contribution < 1.29 is 0 Å². The van der Waals surface area contributed by atoms with Gasteiger partial charge in [0, 0.05) is 22.3 Å². The summed E-state index contributed by atoms with van der Waals surface area (Å²) in [4.78, 5) is 2.73. The molecule has 0 aliphatic rings. The first-order chi connectivity index (χ1) is 9.10. The minimum Gasteiger partial charge on any atom is -0.306 e. The Kier molecular flexibility index (Phi) is 4.36. The molecule has 0 saturated heterocycles. The predicted octanol–water partition coefficient (Wildman–Crippen LogP) is 4.09. The van der Waals surface area contributed by atoms with Crippen LogP contribution in [0.3, 0.4) is 0 Å². The topological polar surface area (TPSA) is 35.8 Å². The Labute approximate surface area is 118 Å². The summed E-state index contributed by atoms with van der Waals surface area (Å²) in [6.45, 7) is 7.28. The number of hydrogen-bond acceptors (Lipinski definition) is 3. The maximum atomic E-state index is 8.89. The Hall–Kier alpha value is -1.63. The van der Waals surface area contributed by atoms with Gasteiger partial charge in [-0.3, -0.25) is 0 Å². The van der Waals surface area contributed by atoms with Gasteiger partial charge in [0.1, 0.15) is 0 Å². The fraction of sp³-hybridized carbons (Fsp3) is 0.312. The van der Waals surface area contributed by atoms with E-state index in [9.17, 15) is 0 Å². The summed E-state index contributed by atoms with van der Waals surface area (Å²) in [5, 5.41) is 12.4. The Balaban J connectivity index is 2.02. The molecule has 1 aromatic heterocycles. The van der Waals surface area contributed by atoms with Crippen LogP contribution in [0.25, 0.3) is 0 Å². The van der Waals surface area contributed by atoms with Crippen LogP contribution in [0.15, 0.2) is 30.3 Å². The first-order valence-electron chi connectivity index (χ1n) is 6.39. The van der Waals surface area contributed by atoms with E-state index < -0.39 is 0 Å². The molecule has 0 aliphatic heterocycles. The van der Waals surface area contributed by atoms with Crippen LogP contribution in [-0.4, -0.2) is 0 Å². The number of nitriles is 1. The fourth-order valence-corrected chi connectivity index (χ4v) is 3.23. The molecular weight excluding hydrogens is 252 g/mol. The van der Waals surface area contributed by atoms with E-state index in [2.05, 4.69) is 38.2 Å². The second-order valence-electron chi connectivity index (χ2n) is 4.78. The van der Waals surface area contributed by atoms with E-state index in [1.54, 1.807) is 0 Å². The molecule has 0 bridgehead atoms. The second kappa shape index (κ2) is 6.01. The number of benzene rings is 1. The van der Waals surface area contributed by atoms with Crippen molar-refractivity contribution >= 4 is 11.3 Å². The molecule has 98 valence electrons. The highest BCUT2D eigenvalue weighted by atomic mass is 32.1. The van der Waals surface area contributed by atoms with Gasteiger partial charge in [-0.05, 0) is 50.1 Å². The molecule has 0 spiro atoms. The molecule has 0 saturated carbocycles. The molecule has 1 N–H and O–H groups in total. The molecule has 1 heterocycles. The smallest absolute Gasteiger partial charge is 0.0991 e. The van der Waals surface area contributed by atoms with E-state index >= 15 is 0 Å². The molecule has 3 heteroatoms. The third-order valence-electron chi connectivity index (χ3n) is 3.21. The van der Waals surface area contributed by atoms with Gasteiger partial charge in [-0.1, -0.05) is 12.1 Å². The summed E-state index contributed by atoms with van der Waals surface area (Å²) in [7, 11) is 0. The summed E-state index contributed by atoms with van der Waals surface area (Å²) in [5.41, 5.74) is 3.24. The largest absolute Gasteiger partial charge is 0.306 e. The SMILES string of the molecule is Cc1cc(C(C)NCc2cccc(C#N)c2)c(C)s1. The maximum Gasteiger partial charge on any atom is 0.0991 e. The third-order valence-corrected chi connectivity index (χ3v) is 4.20. The van der Waals surface area contributed by atoms with Crippen LogP contribution in [0.2, 0.25) is 0 Å². The molecule has 1 aromatic carbocycles. The average Bonchev–Trinajstić information content (AvgIpc) is 2.75. The fourth-order valence-electron chi connectivity index (χ4n) is 2.21. The van der Waals surface area contributed by atoms with E-state index in [-0.39, 0.29) is 0 Å². The number of nitrogens with zero attached hydrogens (tertiary/aromatic N) is 1. The van der Waals surface area contributed by atoms with Gasteiger partial charge in [-0.2, -0.15) is 5.26 Å². The summed E-state index contributed by atoms with van der Waals surface area (Å²) in [6.07, 6.45) is 0. The Morgan fingerprint density at radius 2 is 2.11 bits per heavy atom. The molecular formula is C16H18N2S. The van der Waals surface area contributed by atoms with E-state index in [0.717, 1.165) is 17.7 Å². The van der Waals surface area contributed by atoms with Gasteiger partial charge in [0.05, 0.1) is 11.6 Å². The predicted molar refractivity (Wildman–Crippen MR) is 80.2 cm³/mol. The standard InChI is InChI=1S/C16H18N2S/c1-11-7-16(13(3)19-11)12(2)18-10-15-6-4-5-14(8-15)9-17/h4-8,12,18H,10H2,1-3H3. The van der Waals surface area contributed by atoms with Gasteiger partial charge >= 0.3 is 0 Å². The molecule has 0 aliphatic carbocycles. The molecule has 2 aromatic rings. The summed E-state index contributed by atoms with van der Waals surface area (Å²) < 4.78 is 0. The van der Waals surface area contributed by atoms with Crippen molar-refractivity contribution in [3.8, 4) is 6.07 Å². The molecule has 1 unspecified atom stereocenters. The highest BCUT2D eigenvalue weighted by molar-refractivity contribution is 7.12. The monoisotopic (exact) mass is 270 g/mol. The van der Waals surface area contributed by atoms with Crippen LogP contribution < -0.4 is 5.32 Å². The van der Waals surface area contributed by atoms with Crippen molar-refractivity contribution in [3.63, 3.8) is 0 Å². The maximum absolute atomic E-state index is 8.89. The molecule has 0 fully saturated rings. The zero-order valence-electron chi connectivity index (χ0n) is 11.5. The Bertz CT molecular complexity index is 607. The van der Waals surface area contributed by atoms with Crippen LogP contribution in [0.4, 0.5) is 0 Å². The van der Waals surface area contributed by atoms with Crippen molar-refractivity contribution in [1.29, 1.82) is 5.26 Å². The van der Waals surface area contributed by atoms with E-state index in [4.69, 9.17) is 5.26 Å². The summed E-state index contributed by atoms with van der Waals surface area (Å²) >= 11 is 1.84. The highest BCUT2D eigenvalue weighted by Gasteiger charge is 2.10. The van der Waals surface area contributed by atoms with E-state index in [1.807, 2.05) is 35.6 Å². The quantitative estimate of drug-likeness (QED) is 0.908. The number of thiophene rings is 1. The van der Waals surface area contributed by atoms with Gasteiger partial charge in [-0.15, -0.1) is 11.3 Å². The van der Waals surface area contributed by atoms with Crippen LogP contribution >= 0.6 is 11.3 Å². The third kappa shape index (κ3) is 3.44. The molecule has 19 heavy (non-hydrogen) atoms. The second-order valence-corrected chi connectivity index (χ2v) is 6.24. The van der Waals surface area contributed by atoms with Crippen LogP contribution in [0.5, 0.6) is 0 Å². The molecule has 2 nitrogen and oxygen atoms in total. The van der Waals surface area contributed by atoms with Gasteiger partial charge in [0.2, 0.25) is 0 Å². The molecule has 0 amide bonds. The van der Waals surface area contributed by atoms with Crippen LogP contribution in [-0.2, 0) is 6.54 Å². The first-order valence-corrected chi connectivity index (χ1v) is 7.21. The number of hydrogen-bond donors (Lipinski definition) is 1. The number of nitrogens with one attached hydrogen (secondary N) is 1. The van der Waals surface area contributed by atoms with Crippen molar-refractivity contribution in [3.05, 3.63) is 56.8 Å². The lowest BCUT2D eigenvalue weighted by molar-refractivity contribution is 0.574. The molecule has 0 radical (unpaired) electrons. The van der Waals surface area contributed by atoms with Crippen LogP contribution in [0.1, 0.15) is 39.4 Å². The highest BCUT2D eigenvalue weighted by Crippen LogP contribution is 2.26. The van der Waals surface area contributed by atoms with Crippen molar-refractivity contribution in [2.24, 2.45) is 0 Å². The minimum atomic E-state index is 0.329. The lowest BCUT2D eigenvalue weighted by Crippen LogP contribution is -2.18. The summed E-state index contributed by atoms with van der Waals surface area (Å²) in [5.74, 6) is 0. The van der Waals surface area contributed by atoms with Gasteiger partial charge in [-0.25, -0.2) is 0 Å².